The van der Waals surface area contributed by atoms with Gasteiger partial charge in [-0.1, -0.05) is 13.8 Å². The Labute approximate surface area is 167 Å². The molecule has 0 bridgehead atoms. The standard InChI is InChI=1S/C21H20N2O5S/c1-12(2)20(21(24)25)23-29(26,27)14-6-7-15-16-10-13(17-4-3-9-22-17)5-8-18(16)28-19(15)11-14/h3-12,20,22-23H,1-2H3,(H,24,25)/t20-/m0/s1. The van der Waals surface area contributed by atoms with Gasteiger partial charge in [-0.3, -0.25) is 4.79 Å². The molecule has 4 aromatic rings. The van der Waals surface area contributed by atoms with E-state index >= 15 is 0 Å². The highest BCUT2D eigenvalue weighted by Gasteiger charge is 2.28. The summed E-state index contributed by atoms with van der Waals surface area (Å²) in [6.45, 7) is 3.29. The summed E-state index contributed by atoms with van der Waals surface area (Å²) < 4.78 is 33.5. The predicted octanol–water partition coefficient (Wildman–Crippen LogP) is 3.97. The first kappa shape index (κ1) is 19.2. The van der Waals surface area contributed by atoms with Crippen LogP contribution in [0.15, 0.2) is 64.0 Å². The number of aromatic nitrogens is 1. The Bertz CT molecular complexity index is 1300. The van der Waals surface area contributed by atoms with E-state index in [1.165, 1.54) is 12.1 Å². The molecule has 0 saturated carbocycles. The number of carboxylic acids is 1. The number of hydrogen-bond acceptors (Lipinski definition) is 4. The maximum Gasteiger partial charge on any atom is 0.322 e. The molecular formula is C21H20N2O5S. The molecule has 2 heterocycles. The molecule has 0 aliphatic rings. The van der Waals surface area contributed by atoms with Crippen molar-refractivity contribution in [1.29, 1.82) is 0 Å². The van der Waals surface area contributed by atoms with Crippen molar-refractivity contribution in [2.45, 2.75) is 24.8 Å². The lowest BCUT2D eigenvalue weighted by atomic mass is 10.1. The molecule has 0 aliphatic heterocycles. The normalized spacial score (nSPS) is 13.3. The summed E-state index contributed by atoms with van der Waals surface area (Å²) >= 11 is 0. The zero-order valence-corrected chi connectivity index (χ0v) is 16.7. The molecule has 0 radical (unpaired) electrons. The fourth-order valence-corrected chi connectivity index (χ4v) is 4.66. The number of nitrogens with one attached hydrogen (secondary N) is 2. The quantitative estimate of drug-likeness (QED) is 0.444. The highest BCUT2D eigenvalue weighted by atomic mass is 32.2. The van der Waals surface area contributed by atoms with E-state index in [1.54, 1.807) is 19.9 Å². The van der Waals surface area contributed by atoms with Crippen molar-refractivity contribution >= 4 is 37.9 Å². The molecule has 2 aromatic carbocycles. The number of fused-ring (bicyclic) bond motifs is 3. The van der Waals surface area contributed by atoms with Crippen LogP contribution in [-0.4, -0.2) is 30.5 Å². The maximum absolute atomic E-state index is 12.7. The van der Waals surface area contributed by atoms with Gasteiger partial charge in [0.25, 0.3) is 0 Å². The molecule has 0 saturated heterocycles. The summed E-state index contributed by atoms with van der Waals surface area (Å²) in [5.74, 6) is -1.62. The molecule has 0 aliphatic carbocycles. The summed E-state index contributed by atoms with van der Waals surface area (Å²) in [6, 6.07) is 13.0. The van der Waals surface area contributed by atoms with E-state index in [0.717, 1.165) is 22.0 Å². The van der Waals surface area contributed by atoms with Gasteiger partial charge in [0.15, 0.2) is 0 Å². The minimum atomic E-state index is -4.02. The van der Waals surface area contributed by atoms with E-state index in [-0.39, 0.29) is 4.90 Å². The van der Waals surface area contributed by atoms with Crippen molar-refractivity contribution < 1.29 is 22.7 Å². The lowest BCUT2D eigenvalue weighted by Gasteiger charge is -2.17. The minimum Gasteiger partial charge on any atom is -0.480 e. The van der Waals surface area contributed by atoms with Crippen molar-refractivity contribution in [1.82, 2.24) is 9.71 Å². The van der Waals surface area contributed by atoms with Crippen molar-refractivity contribution in [2.75, 3.05) is 0 Å². The van der Waals surface area contributed by atoms with Gasteiger partial charge in [0.2, 0.25) is 10.0 Å². The average molecular weight is 412 g/mol. The van der Waals surface area contributed by atoms with Gasteiger partial charge in [0, 0.05) is 28.7 Å². The molecule has 3 N–H and O–H groups in total. The third-order valence-corrected chi connectivity index (χ3v) is 6.32. The van der Waals surface area contributed by atoms with Crippen molar-refractivity contribution in [3.63, 3.8) is 0 Å². The molecule has 29 heavy (non-hydrogen) atoms. The maximum atomic E-state index is 12.7. The molecule has 7 nitrogen and oxygen atoms in total. The number of aliphatic carboxylic acids is 1. The highest BCUT2D eigenvalue weighted by molar-refractivity contribution is 7.89. The van der Waals surface area contributed by atoms with Gasteiger partial charge >= 0.3 is 5.97 Å². The van der Waals surface area contributed by atoms with Crippen LogP contribution < -0.4 is 4.72 Å². The van der Waals surface area contributed by atoms with Crippen molar-refractivity contribution in [3.8, 4) is 11.3 Å². The summed E-state index contributed by atoms with van der Waals surface area (Å²) in [6.07, 6.45) is 1.85. The Morgan fingerprint density at radius 2 is 1.86 bits per heavy atom. The van der Waals surface area contributed by atoms with Crippen LogP contribution in [0.25, 0.3) is 33.2 Å². The molecule has 0 fully saturated rings. The fraction of sp³-hybridized carbons (Fsp3) is 0.190. The van der Waals surface area contributed by atoms with E-state index in [1.807, 2.05) is 36.5 Å². The molecule has 2 aromatic heterocycles. The Morgan fingerprint density at radius 3 is 2.52 bits per heavy atom. The third kappa shape index (κ3) is 3.52. The zero-order valence-electron chi connectivity index (χ0n) is 15.8. The van der Waals surface area contributed by atoms with Gasteiger partial charge in [0.05, 0.1) is 4.90 Å². The topological polar surface area (TPSA) is 112 Å². The first-order valence-electron chi connectivity index (χ1n) is 9.11. The van der Waals surface area contributed by atoms with E-state index in [9.17, 15) is 18.3 Å². The van der Waals surface area contributed by atoms with Crippen molar-refractivity contribution in [3.05, 3.63) is 54.7 Å². The number of rotatable bonds is 6. The Hall–Kier alpha value is -3.10. The van der Waals surface area contributed by atoms with Crippen LogP contribution in [0, 0.1) is 5.92 Å². The van der Waals surface area contributed by atoms with E-state index in [4.69, 9.17) is 4.42 Å². The van der Waals surface area contributed by atoms with Gasteiger partial charge in [-0.25, -0.2) is 8.42 Å². The number of carboxylic acid groups (broad SMARTS) is 1. The number of benzene rings is 2. The van der Waals surface area contributed by atoms with Gasteiger partial charge < -0.3 is 14.5 Å². The second kappa shape index (κ2) is 7.06. The van der Waals surface area contributed by atoms with Gasteiger partial charge in [-0.2, -0.15) is 4.72 Å². The largest absolute Gasteiger partial charge is 0.480 e. The number of hydrogen-bond donors (Lipinski definition) is 3. The zero-order chi connectivity index (χ0) is 20.8. The minimum absolute atomic E-state index is 0.0412. The summed E-state index contributed by atoms with van der Waals surface area (Å²) in [5.41, 5.74) is 3.02. The van der Waals surface area contributed by atoms with Gasteiger partial charge in [0.1, 0.15) is 17.2 Å². The van der Waals surface area contributed by atoms with Crippen LogP contribution in [-0.2, 0) is 14.8 Å². The SMILES string of the molecule is CC(C)[C@H](NS(=O)(=O)c1ccc2c(c1)oc1ccc(-c3ccc[nH]3)cc12)C(=O)O. The molecule has 0 unspecified atom stereocenters. The Morgan fingerprint density at radius 1 is 1.07 bits per heavy atom. The van der Waals surface area contributed by atoms with E-state index in [0.29, 0.717) is 11.2 Å². The lowest BCUT2D eigenvalue weighted by molar-refractivity contribution is -0.140. The predicted molar refractivity (Wildman–Crippen MR) is 110 cm³/mol. The summed E-state index contributed by atoms with van der Waals surface area (Å²) in [5, 5.41) is 10.9. The molecular weight excluding hydrogens is 392 g/mol. The molecule has 8 heteroatoms. The molecule has 150 valence electrons. The number of H-pyrrole nitrogens is 1. The average Bonchev–Trinajstić information content (AvgIpc) is 3.32. The second-order valence-corrected chi connectivity index (χ2v) is 8.95. The molecule has 1 atom stereocenters. The van der Waals surface area contributed by atoms with Crippen LogP contribution in [0.5, 0.6) is 0 Å². The molecule has 0 spiro atoms. The van der Waals surface area contributed by atoms with E-state index in [2.05, 4.69) is 9.71 Å². The molecule has 4 rings (SSSR count). The first-order valence-corrected chi connectivity index (χ1v) is 10.6. The third-order valence-electron chi connectivity index (χ3n) is 4.88. The summed E-state index contributed by atoms with van der Waals surface area (Å²) in [7, 11) is -4.02. The Kier molecular flexibility index (Phi) is 4.68. The van der Waals surface area contributed by atoms with Gasteiger partial charge in [-0.15, -0.1) is 0 Å². The van der Waals surface area contributed by atoms with Crippen LogP contribution in [0.4, 0.5) is 0 Å². The number of furan rings is 1. The van der Waals surface area contributed by atoms with Crippen LogP contribution in [0.2, 0.25) is 0 Å². The fourth-order valence-electron chi connectivity index (χ4n) is 3.31. The lowest BCUT2D eigenvalue weighted by Crippen LogP contribution is -2.44. The number of aromatic amines is 1. The number of sulfonamides is 1. The van der Waals surface area contributed by atoms with Gasteiger partial charge in [-0.05, 0) is 53.9 Å². The second-order valence-electron chi connectivity index (χ2n) is 7.24. The van der Waals surface area contributed by atoms with Crippen molar-refractivity contribution in [2.24, 2.45) is 5.92 Å². The smallest absolute Gasteiger partial charge is 0.322 e. The molecule has 0 amide bonds. The van der Waals surface area contributed by atoms with Crippen LogP contribution in [0.1, 0.15) is 13.8 Å². The Balaban J connectivity index is 1.76. The highest BCUT2D eigenvalue weighted by Crippen LogP contribution is 2.33. The van der Waals surface area contributed by atoms with Crippen LogP contribution in [0.3, 0.4) is 0 Å². The van der Waals surface area contributed by atoms with E-state index < -0.39 is 28.0 Å². The monoisotopic (exact) mass is 412 g/mol. The number of carbonyl (C=O) groups is 1. The van der Waals surface area contributed by atoms with Crippen LogP contribution >= 0.6 is 0 Å². The first-order chi connectivity index (χ1) is 13.8. The summed E-state index contributed by atoms with van der Waals surface area (Å²) in [4.78, 5) is 14.5.